The molecule has 0 fully saturated rings. The molecule has 4 atom stereocenters. The summed E-state index contributed by atoms with van der Waals surface area (Å²) >= 11 is 0. The number of hydrogen-bond donors (Lipinski definition) is 5. The van der Waals surface area contributed by atoms with Gasteiger partial charge in [-0.3, -0.25) is 4.55 Å². The molecule has 0 amide bonds. The molecular weight excluding hydrogens is 246 g/mol. The molecule has 0 spiro atoms. The first-order valence-corrected chi connectivity index (χ1v) is 5.42. The van der Waals surface area contributed by atoms with Crippen LogP contribution in [0.2, 0.25) is 0 Å². The van der Waals surface area contributed by atoms with E-state index in [-0.39, 0.29) is 6.29 Å². The molecule has 10 heteroatoms. The lowest BCUT2D eigenvalue weighted by molar-refractivity contribution is -0.117. The number of hydrogen-bond acceptors (Lipinski definition) is 8. The molecule has 96 valence electrons. The predicted octanol–water partition coefficient (Wildman–Crippen LogP) is -3.59. The van der Waals surface area contributed by atoms with Gasteiger partial charge in [-0.15, -0.1) is 0 Å². The summed E-state index contributed by atoms with van der Waals surface area (Å²) in [5, 5.41) is 27.5. The summed E-state index contributed by atoms with van der Waals surface area (Å²) in [5.74, 6) is 0. The fourth-order valence-electron chi connectivity index (χ4n) is 0.790. The van der Waals surface area contributed by atoms with Gasteiger partial charge in [0.25, 0.3) is 0 Å². The molecule has 0 radical (unpaired) electrons. The van der Waals surface area contributed by atoms with E-state index in [1.807, 2.05) is 0 Å². The minimum absolute atomic E-state index is 0.143. The number of aliphatic hydroxyl groups excluding tert-OH is 3. The first-order valence-electron chi connectivity index (χ1n) is 4.06. The average molecular weight is 259 g/mol. The van der Waals surface area contributed by atoms with Crippen molar-refractivity contribution in [3.05, 3.63) is 0 Å². The minimum atomic E-state index is -4.76. The second kappa shape index (κ2) is 6.20. The maximum atomic E-state index is 10.1. The fraction of sp³-hybridized carbons (Fsp3) is 0.833. The van der Waals surface area contributed by atoms with Gasteiger partial charge in [0.2, 0.25) is 0 Å². The fourth-order valence-corrected chi connectivity index (χ4v) is 1.10. The third kappa shape index (κ3) is 5.46. The lowest BCUT2D eigenvalue weighted by Crippen LogP contribution is -2.50. The van der Waals surface area contributed by atoms with Crippen molar-refractivity contribution in [1.29, 1.82) is 0 Å². The first kappa shape index (κ1) is 15.4. The number of rotatable bonds is 7. The Morgan fingerprint density at radius 2 is 1.75 bits per heavy atom. The summed E-state index contributed by atoms with van der Waals surface area (Å²) in [5.41, 5.74) is 5.04. The standard InChI is InChI=1S/C6H13NO8S/c7-3(1-8)5(10)6(11)4(9)2-15-16(12,13)14/h1,3-6,9-11H,2,7H2,(H,12,13,14)/t3-,4-,5-,6-/m1/s1. The van der Waals surface area contributed by atoms with E-state index in [4.69, 9.17) is 20.5 Å². The molecular formula is C6H13NO8S. The highest BCUT2D eigenvalue weighted by molar-refractivity contribution is 7.80. The molecule has 0 heterocycles. The molecule has 0 aliphatic carbocycles. The Hall–Kier alpha value is -0.620. The van der Waals surface area contributed by atoms with Crippen LogP contribution in [-0.4, -0.2) is 65.5 Å². The van der Waals surface area contributed by atoms with Crippen LogP contribution in [0.3, 0.4) is 0 Å². The maximum absolute atomic E-state index is 10.1. The lowest BCUT2D eigenvalue weighted by atomic mass is 10.0. The van der Waals surface area contributed by atoms with Gasteiger partial charge >= 0.3 is 10.4 Å². The molecule has 0 aromatic rings. The predicted molar refractivity (Wildman–Crippen MR) is 49.6 cm³/mol. The van der Waals surface area contributed by atoms with Crippen molar-refractivity contribution in [3.8, 4) is 0 Å². The third-order valence-electron chi connectivity index (χ3n) is 1.68. The molecule has 0 saturated carbocycles. The molecule has 6 N–H and O–H groups in total. The van der Waals surface area contributed by atoms with Crippen molar-refractivity contribution in [2.24, 2.45) is 5.73 Å². The summed E-state index contributed by atoms with van der Waals surface area (Å²) < 4.78 is 32.1. The number of aliphatic hydroxyl groups is 3. The Labute approximate surface area is 91.4 Å². The van der Waals surface area contributed by atoms with E-state index in [0.29, 0.717) is 0 Å². The summed E-state index contributed by atoms with van der Waals surface area (Å²) in [6.45, 7) is -0.983. The molecule has 0 aromatic heterocycles. The van der Waals surface area contributed by atoms with E-state index in [0.717, 1.165) is 0 Å². The highest BCUT2D eigenvalue weighted by atomic mass is 32.3. The Balaban J connectivity index is 4.27. The van der Waals surface area contributed by atoms with Crippen molar-refractivity contribution in [2.45, 2.75) is 24.4 Å². The Kier molecular flexibility index (Phi) is 5.96. The zero-order chi connectivity index (χ0) is 12.9. The van der Waals surface area contributed by atoms with Crippen LogP contribution in [-0.2, 0) is 19.4 Å². The van der Waals surface area contributed by atoms with Crippen LogP contribution in [0, 0.1) is 0 Å². The Morgan fingerprint density at radius 1 is 1.25 bits per heavy atom. The highest BCUT2D eigenvalue weighted by Crippen LogP contribution is 2.04. The molecule has 16 heavy (non-hydrogen) atoms. The minimum Gasteiger partial charge on any atom is -0.388 e. The van der Waals surface area contributed by atoms with Gasteiger partial charge in [-0.05, 0) is 0 Å². The van der Waals surface area contributed by atoms with Gasteiger partial charge < -0.3 is 25.8 Å². The SMILES string of the molecule is N[C@H](C=O)[C@@H](O)[C@H](O)[C@H](O)COS(=O)(=O)O. The van der Waals surface area contributed by atoms with Crippen molar-refractivity contribution >= 4 is 16.7 Å². The molecule has 0 aliphatic rings. The number of nitrogens with two attached hydrogens (primary N) is 1. The van der Waals surface area contributed by atoms with Gasteiger partial charge in [0.05, 0.1) is 12.6 Å². The van der Waals surface area contributed by atoms with Crippen LogP contribution in [0.4, 0.5) is 0 Å². The van der Waals surface area contributed by atoms with E-state index in [1.54, 1.807) is 0 Å². The number of carbonyl (C=O) groups is 1. The van der Waals surface area contributed by atoms with Crippen molar-refractivity contribution < 1.29 is 37.3 Å². The molecule has 0 aliphatic heterocycles. The number of aldehydes is 1. The lowest BCUT2D eigenvalue weighted by Gasteiger charge is -2.23. The average Bonchev–Trinajstić information content (AvgIpc) is 2.21. The van der Waals surface area contributed by atoms with Crippen molar-refractivity contribution in [3.63, 3.8) is 0 Å². The van der Waals surface area contributed by atoms with E-state index in [9.17, 15) is 18.3 Å². The van der Waals surface area contributed by atoms with Crippen LogP contribution in [0.25, 0.3) is 0 Å². The molecule has 9 nitrogen and oxygen atoms in total. The smallest absolute Gasteiger partial charge is 0.388 e. The normalized spacial score (nSPS) is 19.8. The van der Waals surface area contributed by atoms with Gasteiger partial charge in [-0.1, -0.05) is 0 Å². The quantitative estimate of drug-likeness (QED) is 0.229. The van der Waals surface area contributed by atoms with E-state index in [2.05, 4.69) is 4.18 Å². The largest absolute Gasteiger partial charge is 0.397 e. The van der Waals surface area contributed by atoms with Gasteiger partial charge in [0.15, 0.2) is 0 Å². The molecule has 0 saturated heterocycles. The van der Waals surface area contributed by atoms with E-state index < -0.39 is 41.4 Å². The van der Waals surface area contributed by atoms with Gasteiger partial charge in [0.1, 0.15) is 24.6 Å². The maximum Gasteiger partial charge on any atom is 0.397 e. The summed E-state index contributed by atoms with van der Waals surface area (Å²) in [6.07, 6.45) is -5.35. The first-order chi connectivity index (χ1) is 7.19. The highest BCUT2D eigenvalue weighted by Gasteiger charge is 2.30. The van der Waals surface area contributed by atoms with Crippen LogP contribution in [0.1, 0.15) is 0 Å². The van der Waals surface area contributed by atoms with Gasteiger partial charge in [-0.25, -0.2) is 4.18 Å². The van der Waals surface area contributed by atoms with Crippen LogP contribution in [0.15, 0.2) is 0 Å². The molecule has 0 aromatic carbocycles. The van der Waals surface area contributed by atoms with Gasteiger partial charge in [0, 0.05) is 0 Å². The second-order valence-electron chi connectivity index (χ2n) is 2.97. The van der Waals surface area contributed by atoms with Crippen molar-refractivity contribution in [1.82, 2.24) is 0 Å². The van der Waals surface area contributed by atoms with Gasteiger partial charge in [-0.2, -0.15) is 8.42 Å². The molecule has 0 bridgehead atoms. The summed E-state index contributed by atoms with van der Waals surface area (Å²) in [6, 6.07) is -1.43. The van der Waals surface area contributed by atoms with Crippen LogP contribution >= 0.6 is 0 Å². The molecule has 0 rings (SSSR count). The third-order valence-corrected chi connectivity index (χ3v) is 2.12. The second-order valence-corrected chi connectivity index (χ2v) is 4.07. The zero-order valence-corrected chi connectivity index (χ0v) is 8.82. The van der Waals surface area contributed by atoms with Crippen molar-refractivity contribution in [2.75, 3.05) is 6.61 Å². The molecule has 0 unspecified atom stereocenters. The Morgan fingerprint density at radius 3 is 2.12 bits per heavy atom. The summed E-state index contributed by atoms with van der Waals surface area (Å²) in [4.78, 5) is 10.1. The van der Waals surface area contributed by atoms with Crippen LogP contribution < -0.4 is 5.73 Å². The topological polar surface area (TPSA) is 167 Å². The van der Waals surface area contributed by atoms with E-state index >= 15 is 0 Å². The number of carbonyl (C=O) groups excluding carboxylic acids is 1. The summed E-state index contributed by atoms with van der Waals surface area (Å²) in [7, 11) is -4.76. The van der Waals surface area contributed by atoms with E-state index in [1.165, 1.54) is 0 Å². The van der Waals surface area contributed by atoms with Crippen LogP contribution in [0.5, 0.6) is 0 Å². The zero-order valence-electron chi connectivity index (χ0n) is 8.00. The Bertz CT molecular complexity index is 316. The monoisotopic (exact) mass is 259 g/mol.